The lowest BCUT2D eigenvalue weighted by atomic mass is 10.0. The summed E-state index contributed by atoms with van der Waals surface area (Å²) < 4.78 is 11.6. The van der Waals surface area contributed by atoms with E-state index in [1.807, 2.05) is 6.92 Å². The lowest BCUT2D eigenvalue weighted by molar-refractivity contribution is -0.112. The van der Waals surface area contributed by atoms with Crippen LogP contribution in [0.25, 0.3) is 0 Å². The van der Waals surface area contributed by atoms with Crippen molar-refractivity contribution in [2.45, 2.75) is 62.5 Å². The molecule has 0 aromatic heterocycles. The van der Waals surface area contributed by atoms with Gasteiger partial charge in [-0.05, 0) is 13.0 Å². The molecule has 0 aromatic rings. The maximum atomic E-state index is 10.1. The minimum atomic E-state index is -0.814. The van der Waals surface area contributed by atoms with Gasteiger partial charge in [0.25, 0.3) is 0 Å². The largest absolute Gasteiger partial charge is 0.390 e. The Bertz CT molecular complexity index is 432. The average Bonchev–Trinajstić information content (AvgIpc) is 2.82. The molecular formula is C15H21BrO5. The van der Waals surface area contributed by atoms with E-state index in [1.165, 1.54) is 0 Å². The third-order valence-corrected chi connectivity index (χ3v) is 4.04. The lowest BCUT2D eigenvalue weighted by Gasteiger charge is -2.25. The van der Waals surface area contributed by atoms with E-state index >= 15 is 0 Å². The quantitative estimate of drug-likeness (QED) is 0.480. The van der Waals surface area contributed by atoms with E-state index in [0.717, 1.165) is 0 Å². The molecule has 0 radical (unpaired) electrons. The number of aliphatic hydroxyl groups excluding tert-OH is 3. The maximum absolute atomic E-state index is 10.1. The van der Waals surface area contributed by atoms with Crippen LogP contribution in [0.3, 0.4) is 0 Å². The Morgan fingerprint density at radius 1 is 1.14 bits per heavy atom. The number of rotatable bonds is 1. The molecule has 7 atom stereocenters. The van der Waals surface area contributed by atoms with Crippen molar-refractivity contribution < 1.29 is 24.8 Å². The third-order valence-electron chi connectivity index (χ3n) is 3.78. The first-order valence-electron chi connectivity index (χ1n) is 7.06. The number of halogens is 1. The Hall–Kier alpha value is -0.460. The fourth-order valence-electron chi connectivity index (χ4n) is 2.70. The predicted octanol–water partition coefficient (Wildman–Crippen LogP) is 1.02. The number of ether oxygens (including phenoxy) is 2. The van der Waals surface area contributed by atoms with Crippen molar-refractivity contribution in [3.8, 4) is 0 Å². The van der Waals surface area contributed by atoms with Gasteiger partial charge in [0.1, 0.15) is 12.2 Å². The summed E-state index contributed by atoms with van der Waals surface area (Å²) in [6.45, 7) is 1.82. The average molecular weight is 361 g/mol. The summed E-state index contributed by atoms with van der Waals surface area (Å²) in [6.07, 6.45) is 1.52. The third kappa shape index (κ3) is 4.50. The van der Waals surface area contributed by atoms with E-state index in [-0.39, 0.29) is 12.5 Å². The van der Waals surface area contributed by atoms with E-state index in [1.54, 1.807) is 23.2 Å². The fraction of sp³-hybridized carbons (Fsp3) is 0.667. The molecule has 0 aromatic carbocycles. The molecule has 3 N–H and O–H groups in total. The molecule has 2 aliphatic heterocycles. The molecular weight excluding hydrogens is 340 g/mol. The summed E-state index contributed by atoms with van der Waals surface area (Å²) >= 11 is 3.13. The monoisotopic (exact) mass is 360 g/mol. The molecule has 0 unspecified atom stereocenters. The SMILES string of the molecule is C[C@@H]1O[C@H](C=C=CBr)/C=C\[C@H](O)C[C@H](O)[C@@H]2C[C@@H](O)[C@@H]1O2. The Morgan fingerprint density at radius 3 is 2.62 bits per heavy atom. The highest BCUT2D eigenvalue weighted by Gasteiger charge is 2.41. The van der Waals surface area contributed by atoms with Gasteiger partial charge in [-0.15, -0.1) is 5.73 Å². The van der Waals surface area contributed by atoms with Gasteiger partial charge in [-0.3, -0.25) is 0 Å². The fourth-order valence-corrected chi connectivity index (χ4v) is 2.86. The Morgan fingerprint density at radius 2 is 1.90 bits per heavy atom. The van der Waals surface area contributed by atoms with Crippen LogP contribution in [0.2, 0.25) is 0 Å². The van der Waals surface area contributed by atoms with Crippen LogP contribution in [0.15, 0.2) is 28.9 Å². The van der Waals surface area contributed by atoms with Gasteiger partial charge in [0.05, 0.1) is 30.5 Å². The van der Waals surface area contributed by atoms with E-state index in [4.69, 9.17) is 9.47 Å². The Kier molecular flexibility index (Phi) is 6.20. The smallest absolute Gasteiger partial charge is 0.110 e. The first-order chi connectivity index (χ1) is 10.0. The van der Waals surface area contributed by atoms with Gasteiger partial charge in [0, 0.05) is 17.8 Å². The summed E-state index contributed by atoms with van der Waals surface area (Å²) in [5.74, 6) is 0. The van der Waals surface area contributed by atoms with Gasteiger partial charge in [-0.25, -0.2) is 0 Å². The van der Waals surface area contributed by atoms with Crippen LogP contribution in [0.1, 0.15) is 19.8 Å². The first-order valence-corrected chi connectivity index (χ1v) is 7.97. The number of hydrogen-bond donors (Lipinski definition) is 3. The summed E-state index contributed by atoms with van der Waals surface area (Å²) in [6, 6.07) is 0. The van der Waals surface area contributed by atoms with Gasteiger partial charge < -0.3 is 24.8 Å². The van der Waals surface area contributed by atoms with Gasteiger partial charge in [0.2, 0.25) is 0 Å². The molecule has 1 saturated heterocycles. The summed E-state index contributed by atoms with van der Waals surface area (Å²) in [4.78, 5) is 1.58. The van der Waals surface area contributed by atoms with Crippen molar-refractivity contribution in [1.82, 2.24) is 0 Å². The highest BCUT2D eigenvalue weighted by molar-refractivity contribution is 9.11. The van der Waals surface area contributed by atoms with Crippen LogP contribution in [0.5, 0.6) is 0 Å². The molecule has 0 saturated carbocycles. The molecule has 1 fully saturated rings. The molecule has 0 aliphatic carbocycles. The standard InChI is InChI=1S/C15H21BrO5/c1-9-15-13(19)8-14(21-15)12(18)7-10(17)4-5-11(20-9)3-2-6-16/h3-6,9-15,17-19H,7-8H2,1H3/b5-4-/t2?,9-,10-,11+,12-,13+,14-,15+/m0/s1. The van der Waals surface area contributed by atoms with Crippen LogP contribution >= 0.6 is 15.9 Å². The van der Waals surface area contributed by atoms with E-state index in [9.17, 15) is 15.3 Å². The zero-order valence-corrected chi connectivity index (χ0v) is 13.4. The van der Waals surface area contributed by atoms with E-state index in [0.29, 0.717) is 6.42 Å². The molecule has 2 bridgehead atoms. The van der Waals surface area contributed by atoms with Gasteiger partial charge >= 0.3 is 0 Å². The predicted molar refractivity (Wildman–Crippen MR) is 81.0 cm³/mol. The molecule has 2 aliphatic rings. The topological polar surface area (TPSA) is 79.2 Å². The van der Waals surface area contributed by atoms with Crippen LogP contribution in [-0.4, -0.2) is 58.0 Å². The van der Waals surface area contributed by atoms with Crippen LogP contribution in [-0.2, 0) is 9.47 Å². The summed E-state index contributed by atoms with van der Waals surface area (Å²) in [5, 5.41) is 30.1. The molecule has 118 valence electrons. The van der Waals surface area contributed by atoms with Crippen molar-refractivity contribution in [2.24, 2.45) is 0 Å². The van der Waals surface area contributed by atoms with E-state index in [2.05, 4.69) is 21.7 Å². The summed E-state index contributed by atoms with van der Waals surface area (Å²) in [7, 11) is 0. The molecule has 0 amide bonds. The van der Waals surface area contributed by atoms with Gasteiger partial charge in [-0.2, -0.15) is 0 Å². The zero-order chi connectivity index (χ0) is 15.4. The number of hydrogen-bond acceptors (Lipinski definition) is 5. The molecule has 5 nitrogen and oxygen atoms in total. The molecule has 6 heteroatoms. The van der Waals surface area contributed by atoms with Crippen molar-refractivity contribution in [3.05, 3.63) is 28.9 Å². The second-order valence-corrected chi connectivity index (χ2v) is 5.90. The molecule has 2 heterocycles. The van der Waals surface area contributed by atoms with Crippen molar-refractivity contribution >= 4 is 15.9 Å². The molecule has 0 spiro atoms. The van der Waals surface area contributed by atoms with Gasteiger partial charge in [-0.1, -0.05) is 28.1 Å². The second kappa shape index (κ2) is 7.70. The van der Waals surface area contributed by atoms with Gasteiger partial charge in [0.15, 0.2) is 0 Å². The minimum Gasteiger partial charge on any atom is -0.390 e. The second-order valence-electron chi connectivity index (χ2n) is 5.45. The van der Waals surface area contributed by atoms with Crippen molar-refractivity contribution in [1.29, 1.82) is 0 Å². The van der Waals surface area contributed by atoms with E-state index < -0.39 is 36.6 Å². The van der Waals surface area contributed by atoms with Crippen molar-refractivity contribution in [3.63, 3.8) is 0 Å². The zero-order valence-electron chi connectivity index (χ0n) is 11.8. The van der Waals surface area contributed by atoms with Crippen molar-refractivity contribution in [2.75, 3.05) is 0 Å². The number of fused-ring (bicyclic) bond motifs is 2. The number of aliphatic hydroxyl groups is 3. The highest BCUT2D eigenvalue weighted by atomic mass is 79.9. The molecule has 2 rings (SSSR count). The molecule has 21 heavy (non-hydrogen) atoms. The Balaban J connectivity index is 2.22. The first kappa shape index (κ1) is 16.9. The highest BCUT2D eigenvalue weighted by Crippen LogP contribution is 2.29. The normalized spacial score (nSPS) is 45.3. The van der Waals surface area contributed by atoms with Crippen LogP contribution in [0, 0.1) is 0 Å². The lowest BCUT2D eigenvalue weighted by Crippen LogP contribution is -2.36. The van der Waals surface area contributed by atoms with Crippen LogP contribution in [0.4, 0.5) is 0 Å². The minimum absolute atomic E-state index is 0.166. The summed E-state index contributed by atoms with van der Waals surface area (Å²) in [5.41, 5.74) is 2.87. The Labute approximate surface area is 132 Å². The maximum Gasteiger partial charge on any atom is 0.110 e. The van der Waals surface area contributed by atoms with Crippen LogP contribution < -0.4 is 0 Å².